The van der Waals surface area contributed by atoms with E-state index in [0.717, 1.165) is 29.2 Å². The second kappa shape index (κ2) is 9.44. The maximum atomic E-state index is 14.1. The predicted octanol–water partition coefficient (Wildman–Crippen LogP) is 3.77. The van der Waals surface area contributed by atoms with Gasteiger partial charge in [0.15, 0.2) is 0 Å². The fraction of sp³-hybridized carbons (Fsp3) is 0.355. The highest BCUT2D eigenvalue weighted by atomic mass is 19.1. The van der Waals surface area contributed by atoms with Crippen LogP contribution in [-0.4, -0.2) is 46.2 Å². The van der Waals surface area contributed by atoms with E-state index in [1.54, 1.807) is 12.3 Å². The van der Waals surface area contributed by atoms with Gasteiger partial charge in [-0.25, -0.2) is 13.8 Å². The topological polar surface area (TPSA) is 103 Å². The zero-order chi connectivity index (χ0) is 28.4. The van der Waals surface area contributed by atoms with Crippen LogP contribution in [-0.2, 0) is 32.6 Å². The number of hydrogen-bond donors (Lipinski definition) is 3. The molecule has 41 heavy (non-hydrogen) atoms. The molecule has 0 bridgehead atoms. The first kappa shape index (κ1) is 25.8. The number of aromatic nitrogens is 1. The van der Waals surface area contributed by atoms with Crippen LogP contribution in [0.15, 0.2) is 54.7 Å². The molecule has 2 fully saturated rings. The summed E-state index contributed by atoms with van der Waals surface area (Å²) in [4.78, 5) is 45.9. The van der Waals surface area contributed by atoms with E-state index < -0.39 is 34.5 Å². The molecule has 0 radical (unpaired) electrons. The minimum absolute atomic E-state index is 0.0779. The van der Waals surface area contributed by atoms with Crippen molar-refractivity contribution in [1.29, 1.82) is 0 Å². The molecule has 10 heteroatoms. The van der Waals surface area contributed by atoms with E-state index in [1.165, 1.54) is 17.0 Å². The van der Waals surface area contributed by atoms with Gasteiger partial charge in [-0.15, -0.1) is 0 Å². The third-order valence-corrected chi connectivity index (χ3v) is 9.18. The number of pyridine rings is 1. The Morgan fingerprint density at radius 1 is 1.05 bits per heavy atom. The molecule has 3 unspecified atom stereocenters. The van der Waals surface area contributed by atoms with Crippen molar-refractivity contribution in [2.24, 2.45) is 0 Å². The average Bonchev–Trinajstić information content (AvgIpc) is 3.63. The monoisotopic (exact) mass is 557 g/mol. The van der Waals surface area contributed by atoms with Gasteiger partial charge < -0.3 is 20.9 Å². The van der Waals surface area contributed by atoms with Gasteiger partial charge in [-0.1, -0.05) is 12.1 Å². The molecule has 8 nitrogen and oxygen atoms in total. The Bertz CT molecular complexity index is 1580. The van der Waals surface area contributed by atoms with Gasteiger partial charge in [-0.2, -0.15) is 0 Å². The number of rotatable bonds is 4. The van der Waals surface area contributed by atoms with Gasteiger partial charge in [-0.3, -0.25) is 14.4 Å². The third-order valence-electron chi connectivity index (χ3n) is 9.18. The summed E-state index contributed by atoms with van der Waals surface area (Å²) in [5.74, 6) is -1.56. The number of benzene rings is 2. The van der Waals surface area contributed by atoms with Crippen LogP contribution in [0.2, 0.25) is 0 Å². The van der Waals surface area contributed by atoms with E-state index in [1.807, 2.05) is 24.3 Å². The molecule has 3 atom stereocenters. The summed E-state index contributed by atoms with van der Waals surface area (Å²) in [5, 5.41) is 9.13. The molecule has 3 aromatic rings. The van der Waals surface area contributed by atoms with Gasteiger partial charge in [0.1, 0.15) is 24.0 Å². The summed E-state index contributed by atoms with van der Waals surface area (Å²) in [6.45, 7) is 0.452. The van der Waals surface area contributed by atoms with Gasteiger partial charge in [0.05, 0.1) is 17.0 Å². The highest BCUT2D eigenvalue weighted by Gasteiger charge is 2.51. The van der Waals surface area contributed by atoms with Crippen molar-refractivity contribution >= 4 is 29.2 Å². The predicted molar refractivity (Wildman–Crippen MR) is 147 cm³/mol. The van der Waals surface area contributed by atoms with Crippen LogP contribution in [0, 0.1) is 11.6 Å². The lowest BCUT2D eigenvalue weighted by molar-refractivity contribution is -0.147. The first-order valence-corrected chi connectivity index (χ1v) is 14.0. The van der Waals surface area contributed by atoms with Crippen LogP contribution in [0.5, 0.6) is 0 Å². The number of fused-ring (bicyclic) bond motifs is 3. The summed E-state index contributed by atoms with van der Waals surface area (Å²) in [6.07, 6.45) is 5.21. The molecule has 0 saturated carbocycles. The molecular weight excluding hydrogens is 528 g/mol. The molecule has 4 heterocycles. The van der Waals surface area contributed by atoms with Crippen molar-refractivity contribution in [3.05, 3.63) is 88.6 Å². The average molecular weight is 558 g/mol. The van der Waals surface area contributed by atoms with E-state index in [9.17, 15) is 23.2 Å². The lowest BCUT2D eigenvalue weighted by atomic mass is 9.79. The number of amides is 3. The lowest BCUT2D eigenvalue weighted by Gasteiger charge is -2.44. The van der Waals surface area contributed by atoms with Crippen molar-refractivity contribution in [3.8, 4) is 0 Å². The fourth-order valence-electron chi connectivity index (χ4n) is 7.26. The quantitative estimate of drug-likeness (QED) is 0.453. The Balaban J connectivity index is 1.12. The van der Waals surface area contributed by atoms with Crippen LogP contribution in [0.1, 0.15) is 54.0 Å². The van der Waals surface area contributed by atoms with Crippen molar-refractivity contribution in [3.63, 3.8) is 0 Å². The molecule has 4 aliphatic rings. The number of carbonyl (C=O) groups excluding carboxylic acids is 3. The summed E-state index contributed by atoms with van der Waals surface area (Å²) in [6, 6.07) is 12.0. The Labute approximate surface area is 235 Å². The highest BCUT2D eigenvalue weighted by molar-refractivity contribution is 6.06. The number of anilines is 2. The van der Waals surface area contributed by atoms with E-state index in [2.05, 4.69) is 20.9 Å². The summed E-state index contributed by atoms with van der Waals surface area (Å²) in [5.41, 5.74) is 2.30. The van der Waals surface area contributed by atoms with E-state index in [4.69, 9.17) is 0 Å². The van der Waals surface area contributed by atoms with Gasteiger partial charge in [-0.05, 0) is 92.1 Å². The molecule has 3 aliphatic heterocycles. The molecule has 3 amide bonds. The SMILES string of the molecule is O=C(CN1C(=O)C2(CCCN2)CCC1c1cc(F)cc(F)c1)Nc1ccc2c(c1)CC1(C2)C(=O)Nc2ncccc21. The minimum atomic E-state index is -0.752. The number of likely N-dealkylation sites (tertiary alicyclic amines) is 1. The van der Waals surface area contributed by atoms with Gasteiger partial charge in [0.25, 0.3) is 0 Å². The lowest BCUT2D eigenvalue weighted by Crippen LogP contribution is -2.60. The van der Waals surface area contributed by atoms with Crippen molar-refractivity contribution in [2.75, 3.05) is 23.7 Å². The molecular formula is C31H29F2N5O3. The van der Waals surface area contributed by atoms with Crippen LogP contribution < -0.4 is 16.0 Å². The van der Waals surface area contributed by atoms with Crippen LogP contribution in [0.3, 0.4) is 0 Å². The normalized spacial score (nSPS) is 26.4. The molecule has 2 aromatic carbocycles. The molecule has 1 aromatic heterocycles. The van der Waals surface area contributed by atoms with Crippen molar-refractivity contribution in [2.45, 2.75) is 55.5 Å². The second-order valence-electron chi connectivity index (χ2n) is 11.6. The first-order chi connectivity index (χ1) is 19.8. The largest absolute Gasteiger partial charge is 0.325 e. The standard InChI is InChI=1S/C31H29F2N5O3/c32-21-11-19(12-22(33)14-21)25-6-8-31(7-2-10-35-31)29(41)38(25)17-26(39)36-23-5-4-18-15-30(16-20(18)13-23)24-3-1-9-34-27(24)37-28(30)40/h1,3-5,9,11-14,25,35H,2,6-8,10,15-17H2,(H,36,39)(H,34,37,40). The summed E-state index contributed by atoms with van der Waals surface area (Å²) < 4.78 is 28.2. The number of hydrogen-bond acceptors (Lipinski definition) is 5. The maximum absolute atomic E-state index is 14.1. The van der Waals surface area contributed by atoms with Gasteiger partial charge in [0, 0.05) is 23.5 Å². The van der Waals surface area contributed by atoms with Crippen molar-refractivity contribution in [1.82, 2.24) is 15.2 Å². The van der Waals surface area contributed by atoms with Gasteiger partial charge in [0.2, 0.25) is 17.7 Å². The van der Waals surface area contributed by atoms with Crippen LogP contribution >= 0.6 is 0 Å². The van der Waals surface area contributed by atoms with E-state index in [0.29, 0.717) is 55.7 Å². The Hall–Kier alpha value is -4.18. The molecule has 3 N–H and O–H groups in total. The van der Waals surface area contributed by atoms with Crippen molar-refractivity contribution < 1.29 is 23.2 Å². The molecule has 2 saturated heterocycles. The first-order valence-electron chi connectivity index (χ1n) is 14.0. The van der Waals surface area contributed by atoms with Crippen LogP contribution in [0.25, 0.3) is 0 Å². The smallest absolute Gasteiger partial charge is 0.244 e. The number of carbonyl (C=O) groups is 3. The summed E-state index contributed by atoms with van der Waals surface area (Å²) >= 11 is 0. The third kappa shape index (κ3) is 4.20. The Morgan fingerprint density at radius 3 is 2.63 bits per heavy atom. The highest BCUT2D eigenvalue weighted by Crippen LogP contribution is 2.47. The molecule has 2 spiro atoms. The van der Waals surface area contributed by atoms with E-state index in [-0.39, 0.29) is 18.4 Å². The number of nitrogens with zero attached hydrogens (tertiary/aromatic N) is 2. The maximum Gasteiger partial charge on any atom is 0.244 e. The van der Waals surface area contributed by atoms with Gasteiger partial charge >= 0.3 is 0 Å². The number of piperidine rings is 1. The zero-order valence-electron chi connectivity index (χ0n) is 22.3. The Morgan fingerprint density at radius 2 is 1.85 bits per heavy atom. The zero-order valence-corrected chi connectivity index (χ0v) is 22.3. The summed E-state index contributed by atoms with van der Waals surface area (Å²) in [7, 11) is 0. The molecule has 210 valence electrons. The fourth-order valence-corrected chi connectivity index (χ4v) is 7.26. The van der Waals surface area contributed by atoms with E-state index >= 15 is 0 Å². The number of halogens is 2. The molecule has 7 rings (SSSR count). The Kier molecular flexibility index (Phi) is 5.93. The number of nitrogens with one attached hydrogen (secondary N) is 3. The van der Waals surface area contributed by atoms with Crippen LogP contribution in [0.4, 0.5) is 20.3 Å². The second-order valence-corrected chi connectivity index (χ2v) is 11.6. The minimum Gasteiger partial charge on any atom is -0.325 e. The molecule has 1 aliphatic carbocycles.